The van der Waals surface area contributed by atoms with Gasteiger partial charge in [-0.15, -0.1) is 0 Å². The average Bonchev–Trinajstić information content (AvgIpc) is 3.94. The maximum atomic E-state index is 6.76. The van der Waals surface area contributed by atoms with E-state index in [1.807, 2.05) is 42.5 Å². The fourth-order valence-corrected chi connectivity index (χ4v) is 8.25. The first-order chi connectivity index (χ1) is 27.7. The van der Waals surface area contributed by atoms with Gasteiger partial charge in [0.25, 0.3) is 0 Å². The number of allylic oxidation sites excluding steroid dienone is 3. The highest BCUT2D eigenvalue weighted by Gasteiger charge is 2.24. The number of rotatable bonds is 7. The van der Waals surface area contributed by atoms with Gasteiger partial charge in [-0.3, -0.25) is 0 Å². The van der Waals surface area contributed by atoms with Crippen LogP contribution < -0.4 is 4.90 Å². The molecule has 0 unspecified atom stereocenters. The van der Waals surface area contributed by atoms with Crippen molar-refractivity contribution in [3.8, 4) is 11.1 Å². The van der Waals surface area contributed by atoms with Gasteiger partial charge in [-0.25, -0.2) is 0 Å². The number of para-hydroxylation sites is 5. The van der Waals surface area contributed by atoms with Crippen molar-refractivity contribution >= 4 is 94.0 Å². The van der Waals surface area contributed by atoms with Gasteiger partial charge in [0.05, 0.1) is 11.4 Å². The molecule has 11 rings (SSSR count). The maximum absolute atomic E-state index is 6.76. The van der Waals surface area contributed by atoms with Gasteiger partial charge in [0.15, 0.2) is 5.58 Å². The molecule has 0 radical (unpaired) electrons. The van der Waals surface area contributed by atoms with E-state index in [1.165, 1.54) is 5.39 Å². The molecule has 0 N–H and O–H groups in total. The Kier molecular flexibility index (Phi) is 7.29. The molecule has 0 spiro atoms. The molecule has 3 heterocycles. The maximum Gasteiger partial charge on any atom is 0.159 e. The summed E-state index contributed by atoms with van der Waals surface area (Å²) in [7, 11) is 0. The van der Waals surface area contributed by atoms with E-state index in [1.54, 1.807) is 0 Å². The minimum absolute atomic E-state index is 0.797. The van der Waals surface area contributed by atoms with Crippen molar-refractivity contribution < 1.29 is 13.3 Å². The van der Waals surface area contributed by atoms with Crippen LogP contribution in [0.4, 0.5) is 11.4 Å². The number of furan rings is 3. The minimum Gasteiger partial charge on any atom is -0.456 e. The highest BCUT2D eigenvalue weighted by atomic mass is 16.3. The highest BCUT2D eigenvalue weighted by molar-refractivity contribution is 6.15. The second kappa shape index (κ2) is 12.8. The molecule has 0 atom stereocenters. The van der Waals surface area contributed by atoms with Gasteiger partial charge in [0, 0.05) is 49.1 Å². The SMILES string of the molecule is C=C/C(=C\C=C\c1ccc2oc3ccccc3c2c1)N(c1ccccc1-c1cccc2c1oc1cc3ccccc3cc12)c1cccc2c1oc1ccccc12. The monoisotopic (exact) mass is 719 g/mol. The molecule has 0 saturated heterocycles. The van der Waals surface area contributed by atoms with Gasteiger partial charge in [-0.2, -0.15) is 0 Å². The topological polar surface area (TPSA) is 42.7 Å². The Morgan fingerprint density at radius 2 is 1.04 bits per heavy atom. The molecule has 4 heteroatoms. The Balaban J connectivity index is 1.11. The van der Waals surface area contributed by atoms with E-state index in [2.05, 4.69) is 157 Å². The van der Waals surface area contributed by atoms with Crippen LogP contribution in [0, 0.1) is 0 Å². The lowest BCUT2D eigenvalue weighted by molar-refractivity contribution is 0.668. The van der Waals surface area contributed by atoms with Crippen molar-refractivity contribution in [2.45, 2.75) is 0 Å². The predicted molar refractivity (Wildman–Crippen MR) is 234 cm³/mol. The van der Waals surface area contributed by atoms with E-state index in [0.29, 0.717) is 0 Å². The van der Waals surface area contributed by atoms with Crippen LogP contribution in [0.3, 0.4) is 0 Å². The van der Waals surface area contributed by atoms with Gasteiger partial charge in [0.1, 0.15) is 27.9 Å². The molecule has 4 nitrogen and oxygen atoms in total. The number of fused-ring (bicyclic) bond motifs is 10. The van der Waals surface area contributed by atoms with E-state index in [0.717, 1.165) is 105 Å². The van der Waals surface area contributed by atoms with Crippen LogP contribution in [0.5, 0.6) is 0 Å². The summed E-state index contributed by atoms with van der Waals surface area (Å²) >= 11 is 0. The molecular weight excluding hydrogens is 687 g/mol. The summed E-state index contributed by atoms with van der Waals surface area (Å²) in [4.78, 5) is 2.25. The van der Waals surface area contributed by atoms with Crippen LogP contribution in [-0.4, -0.2) is 0 Å². The lowest BCUT2D eigenvalue weighted by Crippen LogP contribution is -2.16. The molecule has 0 saturated carbocycles. The molecule has 0 bridgehead atoms. The van der Waals surface area contributed by atoms with Crippen LogP contribution in [0.15, 0.2) is 208 Å². The Bertz CT molecular complexity index is 3410. The third-order valence-electron chi connectivity index (χ3n) is 10.8. The van der Waals surface area contributed by atoms with Crippen molar-refractivity contribution in [1.82, 2.24) is 0 Å². The molecule has 264 valence electrons. The molecule has 56 heavy (non-hydrogen) atoms. The molecule has 11 aromatic rings. The second-order valence-corrected chi connectivity index (χ2v) is 14.1. The van der Waals surface area contributed by atoms with E-state index in [-0.39, 0.29) is 0 Å². The summed E-state index contributed by atoms with van der Waals surface area (Å²) in [6, 6.07) is 56.7. The van der Waals surface area contributed by atoms with Crippen molar-refractivity contribution in [2.75, 3.05) is 4.90 Å². The minimum atomic E-state index is 0.797. The van der Waals surface area contributed by atoms with Crippen molar-refractivity contribution in [3.05, 3.63) is 200 Å². The average molecular weight is 720 g/mol. The third-order valence-corrected chi connectivity index (χ3v) is 10.8. The summed E-state index contributed by atoms with van der Waals surface area (Å²) in [5, 5.41) is 8.83. The molecule has 0 aliphatic carbocycles. The quantitative estimate of drug-likeness (QED) is 0.154. The Morgan fingerprint density at radius 3 is 1.88 bits per heavy atom. The van der Waals surface area contributed by atoms with Crippen molar-refractivity contribution in [3.63, 3.8) is 0 Å². The molecule has 0 fully saturated rings. The van der Waals surface area contributed by atoms with E-state index in [9.17, 15) is 0 Å². The zero-order chi connectivity index (χ0) is 37.2. The molecule has 8 aromatic carbocycles. The lowest BCUT2D eigenvalue weighted by atomic mass is 9.98. The number of hydrogen-bond acceptors (Lipinski definition) is 4. The molecule has 0 amide bonds. The number of hydrogen-bond donors (Lipinski definition) is 0. The first kappa shape index (κ1) is 31.9. The van der Waals surface area contributed by atoms with Crippen molar-refractivity contribution in [1.29, 1.82) is 0 Å². The van der Waals surface area contributed by atoms with Crippen LogP contribution in [0.25, 0.3) is 93.8 Å². The van der Waals surface area contributed by atoms with E-state index >= 15 is 0 Å². The summed E-state index contributed by atoms with van der Waals surface area (Å²) in [6.45, 7) is 4.35. The largest absolute Gasteiger partial charge is 0.456 e. The summed E-state index contributed by atoms with van der Waals surface area (Å²) in [6.07, 6.45) is 8.22. The van der Waals surface area contributed by atoms with Crippen LogP contribution >= 0.6 is 0 Å². The zero-order valence-corrected chi connectivity index (χ0v) is 30.3. The fraction of sp³-hybridized carbons (Fsp3) is 0. The second-order valence-electron chi connectivity index (χ2n) is 14.1. The smallest absolute Gasteiger partial charge is 0.159 e. The van der Waals surface area contributed by atoms with Gasteiger partial charge in [-0.1, -0.05) is 134 Å². The Labute approximate surface area is 322 Å². The number of benzene rings is 8. The first-order valence-electron chi connectivity index (χ1n) is 18.8. The van der Waals surface area contributed by atoms with Crippen LogP contribution in [0.2, 0.25) is 0 Å². The highest BCUT2D eigenvalue weighted by Crippen LogP contribution is 2.46. The summed E-state index contributed by atoms with van der Waals surface area (Å²) < 4.78 is 19.5. The Morgan fingerprint density at radius 1 is 0.446 bits per heavy atom. The fourth-order valence-electron chi connectivity index (χ4n) is 8.25. The number of nitrogens with zero attached hydrogens (tertiary/aromatic N) is 1. The molecule has 0 aliphatic heterocycles. The van der Waals surface area contributed by atoms with E-state index < -0.39 is 0 Å². The van der Waals surface area contributed by atoms with Gasteiger partial charge >= 0.3 is 0 Å². The summed E-state index contributed by atoms with van der Waals surface area (Å²) in [5.41, 5.74) is 10.9. The molecule has 0 aliphatic rings. The normalized spacial score (nSPS) is 12.4. The standard InChI is InChI=1S/C52H33NO3/c1-2-36(17-11-14-33-28-29-49-43(30-33)39-20-7-9-26-47(39)54-49)53(46-25-13-23-41-38-19-6-10-27-48(38)55-52(41)46)45-24-8-5-18-37(45)40-21-12-22-42-44-31-34-15-3-4-16-35(34)32-50(44)56-51(40)42/h2-32H,1H2/b14-11+,36-17+. The lowest BCUT2D eigenvalue weighted by Gasteiger charge is -2.28. The molecular formula is C52H33NO3. The Hall–Kier alpha value is -7.56. The van der Waals surface area contributed by atoms with Crippen LogP contribution in [-0.2, 0) is 0 Å². The van der Waals surface area contributed by atoms with Crippen molar-refractivity contribution in [2.24, 2.45) is 0 Å². The van der Waals surface area contributed by atoms with Gasteiger partial charge in [0.2, 0.25) is 0 Å². The van der Waals surface area contributed by atoms with Crippen LogP contribution in [0.1, 0.15) is 5.56 Å². The first-order valence-corrected chi connectivity index (χ1v) is 18.8. The predicted octanol–water partition coefficient (Wildman–Crippen LogP) is 15.1. The third kappa shape index (κ3) is 5.08. The summed E-state index contributed by atoms with van der Waals surface area (Å²) in [5.74, 6) is 0. The van der Waals surface area contributed by atoms with E-state index in [4.69, 9.17) is 13.3 Å². The number of anilines is 2. The zero-order valence-electron chi connectivity index (χ0n) is 30.3. The van der Waals surface area contributed by atoms with Gasteiger partial charge < -0.3 is 18.2 Å². The molecule has 3 aromatic heterocycles. The van der Waals surface area contributed by atoms with Gasteiger partial charge in [-0.05, 0) is 77.0 Å².